The third kappa shape index (κ3) is 3.67. The molecule has 3 aromatic rings. The molecule has 6 heteroatoms. The van der Waals surface area contributed by atoms with Crippen LogP contribution in [0.15, 0.2) is 36.4 Å². The van der Waals surface area contributed by atoms with Gasteiger partial charge < -0.3 is 10.2 Å². The smallest absolute Gasteiger partial charge is 0.227 e. The normalized spacial score (nSPS) is 15.3. The summed E-state index contributed by atoms with van der Waals surface area (Å²) in [6.45, 7) is 5.54. The van der Waals surface area contributed by atoms with Crippen LogP contribution in [-0.2, 0) is 4.79 Å². The minimum atomic E-state index is -0.280. The molecule has 4 rings (SSSR count). The highest BCUT2D eigenvalue weighted by Gasteiger charge is 2.27. The Hall–Kier alpha value is -2.47. The van der Waals surface area contributed by atoms with Crippen LogP contribution >= 0.6 is 11.3 Å². The highest BCUT2D eigenvalue weighted by molar-refractivity contribution is 7.22. The molecule has 0 atom stereocenters. The largest absolute Gasteiger partial charge is 0.348 e. The van der Waals surface area contributed by atoms with E-state index in [1.165, 1.54) is 17.4 Å². The zero-order valence-electron chi connectivity index (χ0n) is 15.5. The molecule has 0 saturated carbocycles. The van der Waals surface area contributed by atoms with Crippen molar-refractivity contribution in [2.24, 2.45) is 5.92 Å². The van der Waals surface area contributed by atoms with Crippen molar-refractivity contribution in [1.82, 2.24) is 4.98 Å². The van der Waals surface area contributed by atoms with E-state index in [0.29, 0.717) is 5.52 Å². The molecule has 2 heterocycles. The van der Waals surface area contributed by atoms with E-state index in [2.05, 4.69) is 15.2 Å². The van der Waals surface area contributed by atoms with Gasteiger partial charge in [-0.15, -0.1) is 0 Å². The van der Waals surface area contributed by atoms with Gasteiger partial charge in [0.25, 0.3) is 0 Å². The highest BCUT2D eigenvalue weighted by Crippen LogP contribution is 2.32. The standard InChI is InChI=1S/C21H22FN3OS/c1-13-6-7-14(2)17(12-13)23-20(26)15-8-10-25(11-9-15)21-24-19-16(22)4-3-5-18(19)27-21/h3-7,12,15H,8-11H2,1-2H3,(H,23,26). The molecule has 2 aromatic carbocycles. The van der Waals surface area contributed by atoms with Crippen LogP contribution in [0.1, 0.15) is 24.0 Å². The number of carbonyl (C=O) groups is 1. The van der Waals surface area contributed by atoms with Crippen molar-refractivity contribution in [3.63, 3.8) is 0 Å². The Kier molecular flexibility index (Phi) is 4.83. The Balaban J connectivity index is 1.41. The monoisotopic (exact) mass is 383 g/mol. The number of aryl methyl sites for hydroxylation is 2. The fourth-order valence-corrected chi connectivity index (χ4v) is 4.51. The number of hydrogen-bond acceptors (Lipinski definition) is 4. The molecule has 1 N–H and O–H groups in total. The molecule has 140 valence electrons. The van der Waals surface area contributed by atoms with E-state index < -0.39 is 0 Å². The number of thiazole rings is 1. The van der Waals surface area contributed by atoms with Gasteiger partial charge in [0.1, 0.15) is 11.3 Å². The molecule has 1 saturated heterocycles. The Bertz CT molecular complexity index is 992. The van der Waals surface area contributed by atoms with E-state index in [1.807, 2.05) is 38.1 Å². The molecule has 0 aliphatic carbocycles. The molecule has 4 nitrogen and oxygen atoms in total. The fourth-order valence-electron chi connectivity index (χ4n) is 3.48. The Labute approximate surface area is 162 Å². The summed E-state index contributed by atoms with van der Waals surface area (Å²) in [5, 5.41) is 3.92. The summed E-state index contributed by atoms with van der Waals surface area (Å²) in [4.78, 5) is 19.3. The van der Waals surface area contributed by atoms with Crippen molar-refractivity contribution in [2.45, 2.75) is 26.7 Å². The van der Waals surface area contributed by atoms with Crippen LogP contribution < -0.4 is 10.2 Å². The number of rotatable bonds is 3. The van der Waals surface area contributed by atoms with Gasteiger partial charge in [0.15, 0.2) is 5.13 Å². The molecule has 1 aliphatic heterocycles. The van der Waals surface area contributed by atoms with E-state index >= 15 is 0 Å². The molecule has 1 fully saturated rings. The summed E-state index contributed by atoms with van der Waals surface area (Å²) in [5.74, 6) is -0.205. The molecule has 1 aliphatic rings. The molecule has 27 heavy (non-hydrogen) atoms. The number of benzene rings is 2. The van der Waals surface area contributed by atoms with Crippen molar-refractivity contribution in [1.29, 1.82) is 0 Å². The van der Waals surface area contributed by atoms with Gasteiger partial charge in [0.05, 0.1) is 4.70 Å². The Morgan fingerprint density at radius 3 is 2.74 bits per heavy atom. The molecule has 0 unspecified atom stereocenters. The van der Waals surface area contributed by atoms with Crippen molar-refractivity contribution in [2.75, 3.05) is 23.3 Å². The summed E-state index contributed by atoms with van der Waals surface area (Å²) in [6.07, 6.45) is 1.55. The van der Waals surface area contributed by atoms with Crippen LogP contribution in [0.2, 0.25) is 0 Å². The van der Waals surface area contributed by atoms with Gasteiger partial charge in [-0.25, -0.2) is 9.37 Å². The first-order valence-electron chi connectivity index (χ1n) is 9.19. The number of fused-ring (bicyclic) bond motifs is 1. The van der Waals surface area contributed by atoms with E-state index in [0.717, 1.165) is 52.6 Å². The number of hydrogen-bond donors (Lipinski definition) is 1. The number of aromatic nitrogens is 1. The van der Waals surface area contributed by atoms with E-state index in [1.54, 1.807) is 6.07 Å². The summed E-state index contributed by atoms with van der Waals surface area (Å²) in [5.41, 5.74) is 3.54. The highest BCUT2D eigenvalue weighted by atomic mass is 32.1. The van der Waals surface area contributed by atoms with Gasteiger partial charge in [-0.05, 0) is 56.0 Å². The minimum Gasteiger partial charge on any atom is -0.348 e. The average Bonchev–Trinajstić information content (AvgIpc) is 3.10. The SMILES string of the molecule is Cc1ccc(C)c(NC(=O)C2CCN(c3nc4c(F)cccc4s3)CC2)c1. The minimum absolute atomic E-state index is 0.00715. The third-order valence-corrected chi connectivity index (χ3v) is 6.23. The average molecular weight is 383 g/mol. The summed E-state index contributed by atoms with van der Waals surface area (Å²) >= 11 is 1.51. The number of carbonyl (C=O) groups excluding carboxylic acids is 1. The second-order valence-corrected chi connectivity index (χ2v) is 8.16. The number of nitrogens with one attached hydrogen (secondary N) is 1. The van der Waals surface area contributed by atoms with Crippen LogP contribution in [-0.4, -0.2) is 24.0 Å². The van der Waals surface area contributed by atoms with Gasteiger partial charge in [0, 0.05) is 24.7 Å². The van der Waals surface area contributed by atoms with Gasteiger partial charge in [-0.1, -0.05) is 29.5 Å². The maximum absolute atomic E-state index is 13.9. The second-order valence-electron chi connectivity index (χ2n) is 7.15. The van der Waals surface area contributed by atoms with Crippen molar-refractivity contribution in [3.8, 4) is 0 Å². The molecular weight excluding hydrogens is 361 g/mol. The summed E-state index contributed by atoms with van der Waals surface area (Å²) in [6, 6.07) is 11.1. The molecule has 1 aromatic heterocycles. The molecule has 0 radical (unpaired) electrons. The molecular formula is C21H22FN3OS. The van der Waals surface area contributed by atoms with Gasteiger partial charge in [-0.3, -0.25) is 4.79 Å². The maximum Gasteiger partial charge on any atom is 0.227 e. The van der Waals surface area contributed by atoms with Crippen LogP contribution in [0, 0.1) is 25.6 Å². The van der Waals surface area contributed by atoms with Crippen molar-refractivity contribution < 1.29 is 9.18 Å². The van der Waals surface area contributed by atoms with Crippen molar-refractivity contribution >= 4 is 38.3 Å². The lowest BCUT2D eigenvalue weighted by Gasteiger charge is -2.31. The maximum atomic E-state index is 13.9. The summed E-state index contributed by atoms with van der Waals surface area (Å²) in [7, 11) is 0. The number of amides is 1. The van der Waals surface area contributed by atoms with Gasteiger partial charge in [-0.2, -0.15) is 0 Å². The molecule has 0 spiro atoms. The molecule has 0 bridgehead atoms. The van der Waals surface area contributed by atoms with Crippen LogP contribution in [0.25, 0.3) is 10.2 Å². The third-order valence-electron chi connectivity index (χ3n) is 5.15. The van der Waals surface area contributed by atoms with Gasteiger partial charge in [0.2, 0.25) is 5.91 Å². The van der Waals surface area contributed by atoms with Gasteiger partial charge >= 0.3 is 0 Å². The van der Waals surface area contributed by atoms with E-state index in [9.17, 15) is 9.18 Å². The lowest BCUT2D eigenvalue weighted by Crippen LogP contribution is -2.38. The predicted octanol–water partition coefficient (Wildman–Crippen LogP) is 4.91. The van der Waals surface area contributed by atoms with Crippen molar-refractivity contribution in [3.05, 3.63) is 53.3 Å². The number of halogens is 1. The number of piperidine rings is 1. The van der Waals surface area contributed by atoms with Crippen LogP contribution in [0.4, 0.5) is 15.2 Å². The first kappa shape index (κ1) is 17.9. The van der Waals surface area contributed by atoms with Crippen LogP contribution in [0.5, 0.6) is 0 Å². The second kappa shape index (κ2) is 7.27. The number of nitrogens with zero attached hydrogens (tertiary/aromatic N) is 2. The molecule has 1 amide bonds. The lowest BCUT2D eigenvalue weighted by molar-refractivity contribution is -0.120. The Morgan fingerprint density at radius 2 is 2.00 bits per heavy atom. The predicted molar refractivity (Wildman–Crippen MR) is 109 cm³/mol. The first-order valence-corrected chi connectivity index (χ1v) is 10.0. The van der Waals surface area contributed by atoms with E-state index in [-0.39, 0.29) is 17.6 Å². The lowest BCUT2D eigenvalue weighted by atomic mass is 9.96. The number of anilines is 2. The zero-order chi connectivity index (χ0) is 19.0. The van der Waals surface area contributed by atoms with E-state index in [4.69, 9.17) is 0 Å². The number of para-hydroxylation sites is 1. The van der Waals surface area contributed by atoms with Crippen LogP contribution in [0.3, 0.4) is 0 Å². The zero-order valence-corrected chi connectivity index (χ0v) is 16.3. The summed E-state index contributed by atoms with van der Waals surface area (Å²) < 4.78 is 14.7. The Morgan fingerprint density at radius 1 is 1.22 bits per heavy atom. The first-order chi connectivity index (χ1) is 13.0. The fraction of sp³-hybridized carbons (Fsp3) is 0.333. The quantitative estimate of drug-likeness (QED) is 0.699. The topological polar surface area (TPSA) is 45.2 Å².